The summed E-state index contributed by atoms with van der Waals surface area (Å²) in [5, 5.41) is 11.5. The lowest BCUT2D eigenvalue weighted by Crippen LogP contribution is -2.28. The molecule has 0 saturated heterocycles. The van der Waals surface area contributed by atoms with Crippen LogP contribution >= 0.6 is 0 Å². The van der Waals surface area contributed by atoms with Crippen LogP contribution in [0.4, 0.5) is 0 Å². The number of aromatic amines is 1. The summed E-state index contributed by atoms with van der Waals surface area (Å²) in [6.07, 6.45) is 1.63. The molecule has 1 aliphatic rings. The van der Waals surface area contributed by atoms with Gasteiger partial charge in [0.1, 0.15) is 5.82 Å². The van der Waals surface area contributed by atoms with Gasteiger partial charge in [0.2, 0.25) is 5.56 Å². The zero-order valence-corrected chi connectivity index (χ0v) is 8.60. The van der Waals surface area contributed by atoms with E-state index >= 15 is 0 Å². The van der Waals surface area contributed by atoms with Crippen LogP contribution < -0.4 is 10.9 Å². The number of aromatic nitrogens is 4. The zero-order chi connectivity index (χ0) is 11.0. The second-order valence-electron chi connectivity index (χ2n) is 3.71. The minimum Gasteiger partial charge on any atom is -0.329 e. The highest BCUT2D eigenvalue weighted by molar-refractivity contribution is 5.54. The van der Waals surface area contributed by atoms with Gasteiger partial charge >= 0.3 is 0 Å². The fourth-order valence-corrected chi connectivity index (χ4v) is 1.89. The van der Waals surface area contributed by atoms with Crippen LogP contribution in [0.5, 0.6) is 0 Å². The van der Waals surface area contributed by atoms with E-state index in [0.29, 0.717) is 0 Å². The minimum absolute atomic E-state index is 0.121. The van der Waals surface area contributed by atoms with Crippen LogP contribution in [-0.4, -0.2) is 26.3 Å². The Hall–Kier alpha value is -1.95. The molecule has 0 radical (unpaired) electrons. The van der Waals surface area contributed by atoms with Crippen molar-refractivity contribution in [3.63, 3.8) is 0 Å². The number of H-pyrrole nitrogens is 1. The first kappa shape index (κ1) is 9.29. The van der Waals surface area contributed by atoms with Crippen molar-refractivity contribution in [2.75, 3.05) is 6.54 Å². The van der Waals surface area contributed by atoms with Gasteiger partial charge in [0.05, 0.1) is 6.54 Å². The van der Waals surface area contributed by atoms with Gasteiger partial charge in [-0.05, 0) is 6.07 Å². The molecular weight excluding hydrogens is 206 g/mol. The summed E-state index contributed by atoms with van der Waals surface area (Å²) in [5.41, 5.74) is 0.688. The maximum Gasteiger partial charge on any atom is 0.248 e. The van der Waals surface area contributed by atoms with E-state index < -0.39 is 0 Å². The predicted octanol–water partition coefficient (Wildman–Crippen LogP) is -0.263. The molecule has 6 nitrogen and oxygen atoms in total. The van der Waals surface area contributed by atoms with E-state index in [2.05, 4.69) is 20.5 Å². The Balaban J connectivity index is 2.13. The van der Waals surface area contributed by atoms with E-state index in [1.807, 2.05) is 10.6 Å². The summed E-state index contributed by atoms with van der Waals surface area (Å²) in [5.74, 6) is 1.68. The zero-order valence-electron chi connectivity index (χ0n) is 8.60. The normalized spacial score (nSPS) is 14.8. The molecule has 0 unspecified atom stereocenters. The molecule has 0 saturated carbocycles. The van der Waals surface area contributed by atoms with Crippen molar-refractivity contribution < 1.29 is 0 Å². The summed E-state index contributed by atoms with van der Waals surface area (Å²) < 4.78 is 2.05. The molecule has 16 heavy (non-hydrogen) atoms. The Kier molecular flexibility index (Phi) is 2.07. The number of rotatable bonds is 1. The fourth-order valence-electron chi connectivity index (χ4n) is 1.89. The maximum absolute atomic E-state index is 11.2. The van der Waals surface area contributed by atoms with Crippen molar-refractivity contribution in [3.05, 3.63) is 34.5 Å². The maximum atomic E-state index is 11.2. The van der Waals surface area contributed by atoms with Crippen LogP contribution in [0.25, 0.3) is 11.4 Å². The fraction of sp³-hybridized carbons (Fsp3) is 0.300. The van der Waals surface area contributed by atoms with Gasteiger partial charge in [0.15, 0.2) is 5.82 Å². The molecule has 1 aliphatic heterocycles. The first-order chi connectivity index (χ1) is 7.84. The highest BCUT2D eigenvalue weighted by Crippen LogP contribution is 2.17. The second kappa shape index (κ2) is 3.57. The molecule has 2 N–H and O–H groups in total. The molecular formula is C10H11N5O. The second-order valence-corrected chi connectivity index (χ2v) is 3.71. The molecule has 3 rings (SSSR count). The van der Waals surface area contributed by atoms with E-state index in [1.54, 1.807) is 12.3 Å². The lowest BCUT2D eigenvalue weighted by atomic mass is 10.2. The summed E-state index contributed by atoms with van der Waals surface area (Å²) in [6.45, 7) is 2.47. The molecule has 2 aromatic rings. The number of nitrogens with one attached hydrogen (secondary N) is 2. The topological polar surface area (TPSA) is 75.6 Å². The van der Waals surface area contributed by atoms with Crippen molar-refractivity contribution in [1.29, 1.82) is 0 Å². The van der Waals surface area contributed by atoms with Crippen LogP contribution in [0, 0.1) is 0 Å². The molecule has 0 fully saturated rings. The van der Waals surface area contributed by atoms with Gasteiger partial charge in [0, 0.05) is 30.9 Å². The lowest BCUT2D eigenvalue weighted by molar-refractivity contribution is 0.508. The van der Waals surface area contributed by atoms with Gasteiger partial charge in [-0.1, -0.05) is 0 Å². The largest absolute Gasteiger partial charge is 0.329 e. The number of hydrogen-bond acceptors (Lipinski definition) is 4. The van der Waals surface area contributed by atoms with Crippen LogP contribution in [0.15, 0.2) is 23.1 Å². The van der Waals surface area contributed by atoms with Crippen molar-refractivity contribution in [3.8, 4) is 11.4 Å². The molecule has 0 bridgehead atoms. The molecule has 82 valence electrons. The van der Waals surface area contributed by atoms with Crippen molar-refractivity contribution in [2.24, 2.45) is 0 Å². The van der Waals surface area contributed by atoms with Gasteiger partial charge in [-0.3, -0.25) is 4.79 Å². The summed E-state index contributed by atoms with van der Waals surface area (Å²) >= 11 is 0. The first-order valence-corrected chi connectivity index (χ1v) is 5.16. The van der Waals surface area contributed by atoms with Crippen molar-refractivity contribution in [1.82, 2.24) is 25.1 Å². The average molecular weight is 217 g/mol. The molecule has 0 aromatic carbocycles. The van der Waals surface area contributed by atoms with Gasteiger partial charge in [-0.25, -0.2) is 0 Å². The number of nitrogens with zero attached hydrogens (tertiary/aromatic N) is 3. The summed E-state index contributed by atoms with van der Waals surface area (Å²) in [6, 6.07) is 3.38. The SMILES string of the molecule is O=c1cc(-c2nnc3n2CCNC3)cc[nH]1. The molecule has 6 heteroatoms. The molecule has 0 spiro atoms. The summed E-state index contributed by atoms with van der Waals surface area (Å²) in [7, 11) is 0. The Bertz CT molecular complexity index is 571. The number of pyridine rings is 1. The van der Waals surface area contributed by atoms with Crippen molar-refractivity contribution >= 4 is 0 Å². The Labute approximate surface area is 91.3 Å². The van der Waals surface area contributed by atoms with Crippen LogP contribution in [0.3, 0.4) is 0 Å². The average Bonchev–Trinajstić information content (AvgIpc) is 2.72. The third kappa shape index (κ3) is 1.43. The van der Waals surface area contributed by atoms with E-state index in [1.165, 1.54) is 0 Å². The summed E-state index contributed by atoms with van der Waals surface area (Å²) in [4.78, 5) is 13.8. The number of fused-ring (bicyclic) bond motifs is 1. The third-order valence-electron chi connectivity index (χ3n) is 2.66. The van der Waals surface area contributed by atoms with Gasteiger partial charge in [-0.15, -0.1) is 10.2 Å². The Morgan fingerprint density at radius 3 is 3.19 bits per heavy atom. The number of hydrogen-bond donors (Lipinski definition) is 2. The van der Waals surface area contributed by atoms with E-state index in [0.717, 1.165) is 36.8 Å². The van der Waals surface area contributed by atoms with Gasteiger partial charge < -0.3 is 14.9 Å². The van der Waals surface area contributed by atoms with Gasteiger partial charge in [-0.2, -0.15) is 0 Å². The minimum atomic E-state index is -0.121. The van der Waals surface area contributed by atoms with E-state index in [-0.39, 0.29) is 5.56 Å². The van der Waals surface area contributed by atoms with Crippen LogP contribution in [-0.2, 0) is 13.1 Å². The first-order valence-electron chi connectivity index (χ1n) is 5.16. The van der Waals surface area contributed by atoms with E-state index in [9.17, 15) is 4.79 Å². The van der Waals surface area contributed by atoms with Crippen LogP contribution in [0.1, 0.15) is 5.82 Å². The highest BCUT2D eigenvalue weighted by Gasteiger charge is 2.16. The molecule has 0 atom stereocenters. The smallest absolute Gasteiger partial charge is 0.248 e. The molecule has 2 aromatic heterocycles. The molecule has 0 amide bonds. The predicted molar refractivity (Wildman–Crippen MR) is 57.8 cm³/mol. The monoisotopic (exact) mass is 217 g/mol. The third-order valence-corrected chi connectivity index (χ3v) is 2.66. The Morgan fingerprint density at radius 1 is 1.38 bits per heavy atom. The molecule has 3 heterocycles. The lowest BCUT2D eigenvalue weighted by Gasteiger charge is -2.15. The Morgan fingerprint density at radius 2 is 2.31 bits per heavy atom. The quantitative estimate of drug-likeness (QED) is 0.690. The van der Waals surface area contributed by atoms with Crippen LogP contribution in [0.2, 0.25) is 0 Å². The van der Waals surface area contributed by atoms with Crippen molar-refractivity contribution in [2.45, 2.75) is 13.1 Å². The van der Waals surface area contributed by atoms with Gasteiger partial charge in [0.25, 0.3) is 0 Å². The highest BCUT2D eigenvalue weighted by atomic mass is 16.1. The molecule has 0 aliphatic carbocycles. The standard InChI is InChI=1S/C10H11N5O/c16-9-5-7(1-2-12-9)10-14-13-8-6-11-3-4-15(8)10/h1-2,5,11H,3-4,6H2,(H,12,16). The van der Waals surface area contributed by atoms with E-state index in [4.69, 9.17) is 0 Å².